The summed E-state index contributed by atoms with van der Waals surface area (Å²) in [4.78, 5) is 13.9. The van der Waals surface area contributed by atoms with E-state index in [1.807, 2.05) is 6.92 Å². The standard InChI is InChI=1S/C14H21N3O4S/c1-3-21-8-11-5-7-22(19,20)14(11)9-17(10-14)13(18)12-4-6-16(2)15-12/h4,6,11H,3,5,7-10H2,1-2H3. The zero-order valence-corrected chi connectivity index (χ0v) is 13.7. The van der Waals surface area contributed by atoms with E-state index in [4.69, 9.17) is 4.74 Å². The number of amides is 1. The average Bonchev–Trinajstić information content (AvgIpc) is 2.95. The van der Waals surface area contributed by atoms with Crippen LogP contribution in [-0.4, -0.2) is 65.8 Å². The largest absolute Gasteiger partial charge is 0.381 e. The molecule has 1 unspecified atom stereocenters. The molecular formula is C14H21N3O4S. The number of nitrogens with zero attached hydrogens (tertiary/aromatic N) is 3. The van der Waals surface area contributed by atoms with Gasteiger partial charge in [0.2, 0.25) is 0 Å². The molecule has 0 aromatic carbocycles. The van der Waals surface area contributed by atoms with Crippen molar-refractivity contribution in [3.05, 3.63) is 18.0 Å². The van der Waals surface area contributed by atoms with E-state index in [2.05, 4.69) is 5.10 Å². The van der Waals surface area contributed by atoms with Gasteiger partial charge in [-0.3, -0.25) is 9.48 Å². The third kappa shape index (κ3) is 2.25. The minimum Gasteiger partial charge on any atom is -0.381 e. The van der Waals surface area contributed by atoms with Crippen LogP contribution < -0.4 is 0 Å². The van der Waals surface area contributed by atoms with E-state index < -0.39 is 14.6 Å². The Morgan fingerprint density at radius 3 is 2.82 bits per heavy atom. The monoisotopic (exact) mass is 327 g/mol. The Labute approximate surface area is 130 Å². The zero-order chi connectivity index (χ0) is 16.0. The lowest BCUT2D eigenvalue weighted by Crippen LogP contribution is -2.68. The third-order valence-electron chi connectivity index (χ3n) is 4.76. The van der Waals surface area contributed by atoms with Crippen LogP contribution in [0, 0.1) is 5.92 Å². The van der Waals surface area contributed by atoms with E-state index in [1.165, 1.54) is 0 Å². The number of hydrogen-bond donors (Lipinski definition) is 0. The van der Waals surface area contributed by atoms with Crippen LogP contribution in [0.2, 0.25) is 0 Å². The highest BCUT2D eigenvalue weighted by Gasteiger charge is 2.62. The fraction of sp³-hybridized carbons (Fsp3) is 0.714. The van der Waals surface area contributed by atoms with E-state index in [0.29, 0.717) is 25.3 Å². The first-order valence-electron chi connectivity index (χ1n) is 7.48. The van der Waals surface area contributed by atoms with Crippen molar-refractivity contribution in [1.82, 2.24) is 14.7 Å². The molecule has 0 radical (unpaired) electrons. The molecule has 0 aliphatic carbocycles. The molecule has 1 atom stereocenters. The van der Waals surface area contributed by atoms with Crippen molar-refractivity contribution in [2.75, 3.05) is 32.1 Å². The second kappa shape index (κ2) is 5.34. The number of rotatable bonds is 4. The van der Waals surface area contributed by atoms with Gasteiger partial charge in [0, 0.05) is 38.9 Å². The van der Waals surface area contributed by atoms with E-state index in [1.54, 1.807) is 28.9 Å². The summed E-state index contributed by atoms with van der Waals surface area (Å²) in [6.45, 7) is 3.42. The van der Waals surface area contributed by atoms with Gasteiger partial charge in [-0.05, 0) is 19.4 Å². The maximum atomic E-state index is 12.4. The number of sulfone groups is 1. The summed E-state index contributed by atoms with van der Waals surface area (Å²) in [5.74, 6) is -0.0372. The van der Waals surface area contributed by atoms with Crippen LogP contribution in [0.15, 0.2) is 12.3 Å². The molecule has 1 spiro atoms. The quantitative estimate of drug-likeness (QED) is 0.782. The number of hydrogen-bond acceptors (Lipinski definition) is 5. The molecule has 0 saturated carbocycles. The number of carbonyl (C=O) groups excluding carboxylic acids is 1. The van der Waals surface area contributed by atoms with Crippen LogP contribution in [0.1, 0.15) is 23.8 Å². The van der Waals surface area contributed by atoms with Gasteiger partial charge in [-0.2, -0.15) is 5.10 Å². The number of ether oxygens (including phenoxy) is 1. The van der Waals surface area contributed by atoms with Gasteiger partial charge in [-0.25, -0.2) is 8.42 Å². The highest BCUT2D eigenvalue weighted by Crippen LogP contribution is 2.45. The summed E-state index contributed by atoms with van der Waals surface area (Å²) >= 11 is 0. The van der Waals surface area contributed by atoms with E-state index in [0.717, 1.165) is 0 Å². The predicted molar refractivity (Wildman–Crippen MR) is 80.2 cm³/mol. The second-order valence-electron chi connectivity index (χ2n) is 6.06. The van der Waals surface area contributed by atoms with Gasteiger partial charge in [0.15, 0.2) is 9.84 Å². The van der Waals surface area contributed by atoms with Crippen LogP contribution in [0.3, 0.4) is 0 Å². The molecule has 3 rings (SSSR count). The summed E-state index contributed by atoms with van der Waals surface area (Å²) < 4.78 is 31.1. The summed E-state index contributed by atoms with van der Waals surface area (Å²) in [6.07, 6.45) is 2.32. The number of aryl methyl sites for hydroxylation is 1. The van der Waals surface area contributed by atoms with Gasteiger partial charge >= 0.3 is 0 Å². The molecule has 0 bridgehead atoms. The van der Waals surface area contributed by atoms with Crippen LogP contribution in [0.4, 0.5) is 0 Å². The first-order valence-corrected chi connectivity index (χ1v) is 9.14. The predicted octanol–water partition coefficient (Wildman–Crippen LogP) is 0.0859. The number of carbonyl (C=O) groups is 1. The molecule has 1 amide bonds. The minimum absolute atomic E-state index is 0.0229. The second-order valence-corrected chi connectivity index (χ2v) is 8.52. The Morgan fingerprint density at radius 1 is 1.50 bits per heavy atom. The lowest BCUT2D eigenvalue weighted by atomic mass is 9.83. The fourth-order valence-electron chi connectivity index (χ4n) is 3.40. The Bertz CT molecular complexity index is 676. The van der Waals surface area contributed by atoms with Gasteiger partial charge in [0.25, 0.3) is 5.91 Å². The van der Waals surface area contributed by atoms with Crippen molar-refractivity contribution in [1.29, 1.82) is 0 Å². The summed E-state index contributed by atoms with van der Waals surface area (Å²) in [5, 5.41) is 4.08. The van der Waals surface area contributed by atoms with E-state index in [-0.39, 0.29) is 30.7 Å². The third-order valence-corrected chi connectivity index (χ3v) is 7.36. The first kappa shape index (κ1) is 15.5. The highest BCUT2D eigenvalue weighted by atomic mass is 32.2. The molecular weight excluding hydrogens is 306 g/mol. The molecule has 0 N–H and O–H groups in total. The smallest absolute Gasteiger partial charge is 0.274 e. The van der Waals surface area contributed by atoms with Gasteiger partial charge in [0.1, 0.15) is 10.4 Å². The molecule has 1 aromatic heterocycles. The minimum atomic E-state index is -3.17. The molecule has 8 heteroatoms. The number of aromatic nitrogens is 2. The Balaban J connectivity index is 1.74. The maximum Gasteiger partial charge on any atom is 0.274 e. The van der Waals surface area contributed by atoms with Gasteiger partial charge in [-0.15, -0.1) is 0 Å². The van der Waals surface area contributed by atoms with Crippen molar-refractivity contribution in [3.8, 4) is 0 Å². The molecule has 2 aliphatic rings. The van der Waals surface area contributed by atoms with Crippen molar-refractivity contribution < 1.29 is 17.9 Å². The molecule has 3 heterocycles. The van der Waals surface area contributed by atoms with E-state index in [9.17, 15) is 13.2 Å². The molecule has 2 aliphatic heterocycles. The van der Waals surface area contributed by atoms with Crippen LogP contribution >= 0.6 is 0 Å². The van der Waals surface area contributed by atoms with E-state index >= 15 is 0 Å². The van der Waals surface area contributed by atoms with Crippen molar-refractivity contribution >= 4 is 15.7 Å². The lowest BCUT2D eigenvalue weighted by Gasteiger charge is -2.49. The molecule has 22 heavy (non-hydrogen) atoms. The zero-order valence-electron chi connectivity index (χ0n) is 12.9. The maximum absolute atomic E-state index is 12.4. The fourth-order valence-corrected chi connectivity index (χ4v) is 5.80. The Morgan fingerprint density at radius 2 is 2.23 bits per heavy atom. The van der Waals surface area contributed by atoms with Gasteiger partial charge in [-0.1, -0.05) is 0 Å². The molecule has 122 valence electrons. The summed E-state index contributed by atoms with van der Waals surface area (Å²) in [5.41, 5.74) is 0.356. The number of likely N-dealkylation sites (tertiary alicyclic amines) is 1. The van der Waals surface area contributed by atoms with Crippen molar-refractivity contribution in [2.24, 2.45) is 13.0 Å². The lowest BCUT2D eigenvalue weighted by molar-refractivity contribution is 0.0266. The molecule has 2 fully saturated rings. The first-order chi connectivity index (χ1) is 10.4. The normalized spacial score (nSPS) is 25.4. The van der Waals surface area contributed by atoms with Crippen molar-refractivity contribution in [2.45, 2.75) is 18.1 Å². The van der Waals surface area contributed by atoms with Crippen molar-refractivity contribution in [3.63, 3.8) is 0 Å². The SMILES string of the molecule is CCOCC1CCS(=O)(=O)C12CN(C(=O)c1ccn(C)n1)C2. The molecule has 2 saturated heterocycles. The van der Waals surface area contributed by atoms with Crippen LogP contribution in [-0.2, 0) is 21.6 Å². The van der Waals surface area contributed by atoms with Gasteiger partial charge in [0.05, 0.1) is 12.4 Å². The Hall–Kier alpha value is -1.41. The topological polar surface area (TPSA) is 81.5 Å². The average molecular weight is 327 g/mol. The van der Waals surface area contributed by atoms with Gasteiger partial charge < -0.3 is 9.64 Å². The highest BCUT2D eigenvalue weighted by molar-refractivity contribution is 7.93. The molecule has 7 nitrogen and oxygen atoms in total. The summed E-state index contributed by atoms with van der Waals surface area (Å²) in [6, 6.07) is 1.65. The van der Waals surface area contributed by atoms with Crippen LogP contribution in [0.25, 0.3) is 0 Å². The summed E-state index contributed by atoms with van der Waals surface area (Å²) in [7, 11) is -1.43. The Kier molecular flexibility index (Phi) is 3.76. The molecule has 1 aromatic rings. The van der Waals surface area contributed by atoms with Crippen LogP contribution in [0.5, 0.6) is 0 Å².